The maximum absolute atomic E-state index is 4.57. The van der Waals surface area contributed by atoms with Crippen molar-refractivity contribution < 1.29 is 0 Å². The molecule has 1 aliphatic rings. The van der Waals surface area contributed by atoms with Crippen molar-refractivity contribution in [3.8, 4) is 0 Å². The van der Waals surface area contributed by atoms with Crippen molar-refractivity contribution in [3.05, 3.63) is 18.2 Å². The highest BCUT2D eigenvalue weighted by molar-refractivity contribution is 7.99. The first kappa shape index (κ1) is 11.6. The third-order valence-electron chi connectivity index (χ3n) is 2.70. The predicted octanol–water partition coefficient (Wildman–Crippen LogP) is 2.46. The van der Waals surface area contributed by atoms with Crippen molar-refractivity contribution in [1.29, 1.82) is 0 Å². The lowest BCUT2D eigenvalue weighted by Crippen LogP contribution is -2.26. The van der Waals surface area contributed by atoms with Crippen LogP contribution in [0.25, 0.3) is 0 Å². The van der Waals surface area contributed by atoms with Crippen molar-refractivity contribution in [3.63, 3.8) is 0 Å². The summed E-state index contributed by atoms with van der Waals surface area (Å²) in [6.07, 6.45) is 2.58. The third kappa shape index (κ3) is 3.04. The van der Waals surface area contributed by atoms with Crippen LogP contribution in [0.1, 0.15) is 12.8 Å². The van der Waals surface area contributed by atoms with Gasteiger partial charge in [-0.15, -0.1) is 0 Å². The first-order chi connectivity index (χ1) is 7.75. The van der Waals surface area contributed by atoms with E-state index >= 15 is 0 Å². The topological polar surface area (TPSA) is 28.2 Å². The van der Waals surface area contributed by atoms with E-state index in [1.165, 1.54) is 24.3 Å². The Morgan fingerprint density at radius 2 is 2.31 bits per heavy atom. The minimum atomic E-state index is 0.587. The summed E-state index contributed by atoms with van der Waals surface area (Å²) in [5, 5.41) is 3.52. The van der Waals surface area contributed by atoms with Crippen molar-refractivity contribution >= 4 is 23.4 Å². The van der Waals surface area contributed by atoms with Gasteiger partial charge in [0.15, 0.2) is 0 Å². The van der Waals surface area contributed by atoms with Crippen molar-refractivity contribution in [2.45, 2.75) is 18.9 Å². The van der Waals surface area contributed by atoms with E-state index in [1.807, 2.05) is 42.9 Å². The van der Waals surface area contributed by atoms with Gasteiger partial charge < -0.3 is 10.2 Å². The van der Waals surface area contributed by atoms with Gasteiger partial charge in [-0.25, -0.2) is 4.98 Å². The Kier molecular flexibility index (Phi) is 3.93. The van der Waals surface area contributed by atoms with E-state index in [1.54, 1.807) is 0 Å². The molecule has 1 saturated heterocycles. The molecule has 2 rings (SSSR count). The molecule has 0 amide bonds. The summed E-state index contributed by atoms with van der Waals surface area (Å²) in [7, 11) is 4.03. The minimum Gasteiger partial charge on any atom is -0.366 e. The van der Waals surface area contributed by atoms with E-state index in [2.05, 4.69) is 16.4 Å². The molecule has 0 bridgehead atoms. The smallest absolute Gasteiger partial charge is 0.130 e. The number of thioether (sulfide) groups is 1. The molecule has 88 valence electrons. The van der Waals surface area contributed by atoms with Gasteiger partial charge in [0, 0.05) is 25.9 Å². The number of rotatable bonds is 3. The number of hydrogen-bond donors (Lipinski definition) is 1. The van der Waals surface area contributed by atoms with Gasteiger partial charge in [0.05, 0.1) is 0 Å². The van der Waals surface area contributed by atoms with E-state index in [-0.39, 0.29) is 0 Å². The van der Waals surface area contributed by atoms with Crippen molar-refractivity contribution in [1.82, 2.24) is 4.98 Å². The average molecular weight is 237 g/mol. The Bertz CT molecular complexity index is 335. The molecule has 1 N–H and O–H groups in total. The molecule has 1 aromatic heterocycles. The molecule has 0 aliphatic carbocycles. The van der Waals surface area contributed by atoms with E-state index in [0.29, 0.717) is 6.04 Å². The summed E-state index contributed by atoms with van der Waals surface area (Å²) in [5.74, 6) is 4.52. The third-order valence-corrected chi connectivity index (χ3v) is 3.92. The molecule has 1 atom stereocenters. The number of anilines is 2. The summed E-state index contributed by atoms with van der Waals surface area (Å²) in [4.78, 5) is 6.60. The molecular weight excluding hydrogens is 218 g/mol. The number of nitrogens with one attached hydrogen (secondary N) is 1. The van der Waals surface area contributed by atoms with Crippen LogP contribution in [0.15, 0.2) is 18.2 Å². The van der Waals surface area contributed by atoms with Gasteiger partial charge in [-0.05, 0) is 30.7 Å². The Hall–Kier alpha value is -0.900. The van der Waals surface area contributed by atoms with Gasteiger partial charge >= 0.3 is 0 Å². The molecule has 1 unspecified atom stereocenters. The van der Waals surface area contributed by atoms with Crippen LogP contribution in [0.2, 0.25) is 0 Å². The van der Waals surface area contributed by atoms with E-state index in [9.17, 15) is 0 Å². The zero-order valence-corrected chi connectivity index (χ0v) is 10.8. The van der Waals surface area contributed by atoms with Gasteiger partial charge in [-0.2, -0.15) is 11.8 Å². The fraction of sp³-hybridized carbons (Fsp3) is 0.583. The van der Waals surface area contributed by atoms with E-state index in [4.69, 9.17) is 0 Å². The highest BCUT2D eigenvalue weighted by Crippen LogP contribution is 2.20. The quantitative estimate of drug-likeness (QED) is 0.874. The standard InChI is InChI=1S/C12H19N3S/c1-15(2)12-7-3-6-11(14-12)13-10-5-4-8-16-9-10/h3,6-7,10H,4-5,8-9H2,1-2H3,(H,13,14). The molecule has 0 aromatic carbocycles. The van der Waals surface area contributed by atoms with Crippen LogP contribution in [-0.2, 0) is 0 Å². The minimum absolute atomic E-state index is 0.587. The van der Waals surface area contributed by atoms with Crippen LogP contribution < -0.4 is 10.2 Å². The van der Waals surface area contributed by atoms with Crippen molar-refractivity contribution in [2.24, 2.45) is 0 Å². The summed E-state index contributed by atoms with van der Waals surface area (Å²) < 4.78 is 0. The maximum Gasteiger partial charge on any atom is 0.130 e. The van der Waals surface area contributed by atoms with Crippen LogP contribution in [0.4, 0.5) is 11.6 Å². The molecular formula is C12H19N3S. The number of aromatic nitrogens is 1. The van der Waals surface area contributed by atoms with Crippen LogP contribution in [0.5, 0.6) is 0 Å². The van der Waals surface area contributed by atoms with Crippen LogP contribution in [0, 0.1) is 0 Å². The Morgan fingerprint density at radius 3 is 3.00 bits per heavy atom. The van der Waals surface area contributed by atoms with Gasteiger partial charge in [-0.1, -0.05) is 6.07 Å². The average Bonchev–Trinajstić information content (AvgIpc) is 2.30. The summed E-state index contributed by atoms with van der Waals surface area (Å²) >= 11 is 2.03. The monoisotopic (exact) mass is 237 g/mol. The molecule has 16 heavy (non-hydrogen) atoms. The lowest BCUT2D eigenvalue weighted by Gasteiger charge is -2.23. The fourth-order valence-electron chi connectivity index (χ4n) is 1.82. The fourth-order valence-corrected chi connectivity index (χ4v) is 2.89. The molecule has 3 nitrogen and oxygen atoms in total. The molecule has 0 radical (unpaired) electrons. The van der Waals surface area contributed by atoms with Gasteiger partial charge in [-0.3, -0.25) is 0 Å². The molecule has 0 saturated carbocycles. The number of pyridine rings is 1. The summed E-state index contributed by atoms with van der Waals surface area (Å²) in [6, 6.07) is 6.72. The van der Waals surface area contributed by atoms with Crippen LogP contribution in [0.3, 0.4) is 0 Å². The number of hydrogen-bond acceptors (Lipinski definition) is 4. The van der Waals surface area contributed by atoms with Crippen LogP contribution in [-0.4, -0.2) is 36.6 Å². The second-order valence-electron chi connectivity index (χ2n) is 4.33. The summed E-state index contributed by atoms with van der Waals surface area (Å²) in [5.41, 5.74) is 0. The zero-order valence-electron chi connectivity index (χ0n) is 9.94. The molecule has 0 spiro atoms. The summed E-state index contributed by atoms with van der Waals surface area (Å²) in [6.45, 7) is 0. The van der Waals surface area contributed by atoms with Crippen molar-refractivity contribution in [2.75, 3.05) is 35.8 Å². The lowest BCUT2D eigenvalue weighted by atomic mass is 10.2. The normalized spacial score (nSPS) is 20.5. The number of nitrogens with zero attached hydrogens (tertiary/aromatic N) is 2. The SMILES string of the molecule is CN(C)c1cccc(NC2CCCSC2)n1. The first-order valence-electron chi connectivity index (χ1n) is 5.74. The highest BCUT2D eigenvalue weighted by atomic mass is 32.2. The highest BCUT2D eigenvalue weighted by Gasteiger charge is 2.13. The van der Waals surface area contributed by atoms with E-state index in [0.717, 1.165) is 11.6 Å². The van der Waals surface area contributed by atoms with Gasteiger partial charge in [0.1, 0.15) is 11.6 Å². The molecule has 4 heteroatoms. The Labute approximate surface area is 102 Å². The second kappa shape index (κ2) is 5.43. The first-order valence-corrected chi connectivity index (χ1v) is 6.90. The largest absolute Gasteiger partial charge is 0.366 e. The second-order valence-corrected chi connectivity index (χ2v) is 5.48. The van der Waals surface area contributed by atoms with E-state index < -0.39 is 0 Å². The van der Waals surface area contributed by atoms with Gasteiger partial charge in [0.25, 0.3) is 0 Å². The Morgan fingerprint density at radius 1 is 1.44 bits per heavy atom. The molecule has 2 heterocycles. The Balaban J connectivity index is 2.00. The molecule has 1 aliphatic heterocycles. The molecule has 1 fully saturated rings. The molecule has 1 aromatic rings. The zero-order chi connectivity index (χ0) is 11.4. The predicted molar refractivity (Wildman–Crippen MR) is 72.5 cm³/mol. The van der Waals surface area contributed by atoms with Crippen LogP contribution >= 0.6 is 11.8 Å². The maximum atomic E-state index is 4.57. The van der Waals surface area contributed by atoms with Gasteiger partial charge in [0.2, 0.25) is 0 Å². The lowest BCUT2D eigenvalue weighted by molar-refractivity contribution is 0.682.